The fourth-order valence-corrected chi connectivity index (χ4v) is 1.84. The van der Waals surface area contributed by atoms with Crippen LogP contribution in [0.25, 0.3) is 0 Å². The maximum absolute atomic E-state index is 5.41. The van der Waals surface area contributed by atoms with Gasteiger partial charge in [0.05, 0.1) is 14.2 Å². The first-order chi connectivity index (χ1) is 8.28. The first-order valence-electron chi connectivity index (χ1n) is 5.66. The molecular formula is C14H19NO2. The van der Waals surface area contributed by atoms with Crippen LogP contribution in [-0.2, 0) is 0 Å². The van der Waals surface area contributed by atoms with Gasteiger partial charge in [-0.05, 0) is 12.6 Å². The average Bonchev–Trinajstić information content (AvgIpc) is 2.37. The third-order valence-electron chi connectivity index (χ3n) is 2.58. The monoisotopic (exact) mass is 233 g/mol. The standard InChI is InChI=1S/C14H19NO2/c1-5-8-12(15-6-2)11-9-7-10-13(16-3)14(11)17-4/h1,7,9-10,12,15H,6,8H2,2-4H3. The summed E-state index contributed by atoms with van der Waals surface area (Å²) in [6.07, 6.45) is 6.02. The molecule has 0 aliphatic carbocycles. The number of para-hydroxylation sites is 1. The highest BCUT2D eigenvalue weighted by atomic mass is 16.5. The normalized spacial score (nSPS) is 11.6. The molecule has 1 unspecified atom stereocenters. The van der Waals surface area contributed by atoms with Crippen molar-refractivity contribution >= 4 is 0 Å². The Morgan fingerprint density at radius 3 is 2.65 bits per heavy atom. The van der Waals surface area contributed by atoms with E-state index in [1.54, 1.807) is 14.2 Å². The highest BCUT2D eigenvalue weighted by Crippen LogP contribution is 2.35. The molecule has 0 saturated carbocycles. The Labute approximate surface area is 103 Å². The molecular weight excluding hydrogens is 214 g/mol. The third kappa shape index (κ3) is 3.15. The van der Waals surface area contributed by atoms with Crippen molar-refractivity contribution in [3.8, 4) is 23.8 Å². The van der Waals surface area contributed by atoms with Crippen LogP contribution in [0.15, 0.2) is 18.2 Å². The van der Waals surface area contributed by atoms with E-state index >= 15 is 0 Å². The number of ether oxygens (including phenoxy) is 2. The van der Waals surface area contributed by atoms with Gasteiger partial charge in [-0.15, -0.1) is 12.3 Å². The molecule has 3 heteroatoms. The van der Waals surface area contributed by atoms with Gasteiger partial charge in [-0.1, -0.05) is 19.1 Å². The maximum atomic E-state index is 5.41. The molecule has 1 aromatic carbocycles. The second-order valence-corrected chi connectivity index (χ2v) is 3.60. The highest BCUT2D eigenvalue weighted by molar-refractivity contribution is 5.48. The molecule has 0 amide bonds. The van der Waals surface area contributed by atoms with Crippen molar-refractivity contribution < 1.29 is 9.47 Å². The van der Waals surface area contributed by atoms with E-state index in [0.29, 0.717) is 6.42 Å². The Morgan fingerprint density at radius 1 is 1.35 bits per heavy atom. The van der Waals surface area contributed by atoms with Crippen LogP contribution in [0.3, 0.4) is 0 Å². The van der Waals surface area contributed by atoms with E-state index in [9.17, 15) is 0 Å². The predicted octanol–water partition coefficient (Wildman–Crippen LogP) is 2.38. The van der Waals surface area contributed by atoms with Gasteiger partial charge >= 0.3 is 0 Å². The third-order valence-corrected chi connectivity index (χ3v) is 2.58. The lowest BCUT2D eigenvalue weighted by Crippen LogP contribution is -2.21. The fraction of sp³-hybridized carbons (Fsp3) is 0.429. The van der Waals surface area contributed by atoms with E-state index in [0.717, 1.165) is 23.6 Å². The van der Waals surface area contributed by atoms with Crippen LogP contribution in [0.5, 0.6) is 11.5 Å². The van der Waals surface area contributed by atoms with Crippen LogP contribution in [-0.4, -0.2) is 20.8 Å². The summed E-state index contributed by atoms with van der Waals surface area (Å²) in [7, 11) is 3.27. The summed E-state index contributed by atoms with van der Waals surface area (Å²) >= 11 is 0. The minimum Gasteiger partial charge on any atom is -0.493 e. The zero-order valence-electron chi connectivity index (χ0n) is 10.6. The van der Waals surface area contributed by atoms with Crippen LogP contribution in [0.4, 0.5) is 0 Å². The first-order valence-corrected chi connectivity index (χ1v) is 5.66. The number of terminal acetylenes is 1. The average molecular weight is 233 g/mol. The molecule has 0 bridgehead atoms. The van der Waals surface area contributed by atoms with E-state index in [2.05, 4.69) is 18.2 Å². The molecule has 0 aliphatic heterocycles. The first kappa shape index (κ1) is 13.4. The number of hydrogen-bond donors (Lipinski definition) is 1. The predicted molar refractivity (Wildman–Crippen MR) is 69.4 cm³/mol. The Hall–Kier alpha value is -1.66. The Balaban J connectivity index is 3.13. The smallest absolute Gasteiger partial charge is 0.165 e. The van der Waals surface area contributed by atoms with E-state index in [1.165, 1.54) is 0 Å². The molecule has 1 aromatic rings. The molecule has 0 saturated heterocycles. The van der Waals surface area contributed by atoms with Crippen LogP contribution < -0.4 is 14.8 Å². The number of benzene rings is 1. The number of hydrogen-bond acceptors (Lipinski definition) is 3. The summed E-state index contributed by atoms with van der Waals surface area (Å²) in [5.41, 5.74) is 1.03. The number of nitrogens with one attached hydrogen (secondary N) is 1. The van der Waals surface area contributed by atoms with Crippen LogP contribution in [0.2, 0.25) is 0 Å². The van der Waals surface area contributed by atoms with Crippen LogP contribution in [0.1, 0.15) is 24.9 Å². The van der Waals surface area contributed by atoms with Gasteiger partial charge < -0.3 is 14.8 Å². The van der Waals surface area contributed by atoms with E-state index < -0.39 is 0 Å². The molecule has 0 radical (unpaired) electrons. The lowest BCUT2D eigenvalue weighted by atomic mass is 10.0. The molecule has 0 fully saturated rings. The summed E-state index contributed by atoms with van der Waals surface area (Å²) < 4.78 is 10.7. The van der Waals surface area contributed by atoms with E-state index in [-0.39, 0.29) is 6.04 Å². The summed E-state index contributed by atoms with van der Waals surface area (Å²) in [4.78, 5) is 0. The Morgan fingerprint density at radius 2 is 2.12 bits per heavy atom. The van der Waals surface area contributed by atoms with Gasteiger partial charge in [0.2, 0.25) is 0 Å². The quantitative estimate of drug-likeness (QED) is 0.765. The fourth-order valence-electron chi connectivity index (χ4n) is 1.84. The lowest BCUT2D eigenvalue weighted by Gasteiger charge is -2.20. The van der Waals surface area contributed by atoms with Gasteiger partial charge in [0.15, 0.2) is 11.5 Å². The molecule has 0 aromatic heterocycles. The number of methoxy groups -OCH3 is 2. The SMILES string of the molecule is C#CCC(NCC)c1cccc(OC)c1OC. The molecule has 1 atom stereocenters. The largest absolute Gasteiger partial charge is 0.493 e. The zero-order valence-corrected chi connectivity index (χ0v) is 10.6. The Kier molecular flexibility index (Phi) is 5.38. The minimum absolute atomic E-state index is 0.0926. The van der Waals surface area contributed by atoms with Crippen molar-refractivity contribution in [2.75, 3.05) is 20.8 Å². The van der Waals surface area contributed by atoms with Crippen molar-refractivity contribution in [2.45, 2.75) is 19.4 Å². The van der Waals surface area contributed by atoms with Gasteiger partial charge in [0.1, 0.15) is 0 Å². The number of rotatable bonds is 6. The Bertz CT molecular complexity index is 396. The summed E-state index contributed by atoms with van der Waals surface area (Å²) in [6, 6.07) is 5.92. The van der Waals surface area contributed by atoms with Crippen molar-refractivity contribution in [3.05, 3.63) is 23.8 Å². The second kappa shape index (κ2) is 6.82. The highest BCUT2D eigenvalue weighted by Gasteiger charge is 2.17. The van der Waals surface area contributed by atoms with Gasteiger partial charge in [0.25, 0.3) is 0 Å². The molecule has 0 aliphatic rings. The van der Waals surface area contributed by atoms with Crippen molar-refractivity contribution in [2.24, 2.45) is 0 Å². The topological polar surface area (TPSA) is 30.5 Å². The van der Waals surface area contributed by atoms with Gasteiger partial charge in [-0.3, -0.25) is 0 Å². The van der Waals surface area contributed by atoms with Gasteiger partial charge in [-0.2, -0.15) is 0 Å². The molecule has 92 valence electrons. The van der Waals surface area contributed by atoms with Crippen molar-refractivity contribution in [3.63, 3.8) is 0 Å². The summed E-state index contributed by atoms with van der Waals surface area (Å²) in [5.74, 6) is 4.15. The maximum Gasteiger partial charge on any atom is 0.165 e. The molecule has 0 spiro atoms. The second-order valence-electron chi connectivity index (χ2n) is 3.60. The zero-order chi connectivity index (χ0) is 12.7. The van der Waals surface area contributed by atoms with E-state index in [1.807, 2.05) is 18.2 Å². The van der Waals surface area contributed by atoms with Crippen LogP contribution >= 0.6 is 0 Å². The molecule has 3 nitrogen and oxygen atoms in total. The van der Waals surface area contributed by atoms with Crippen molar-refractivity contribution in [1.82, 2.24) is 5.32 Å². The van der Waals surface area contributed by atoms with E-state index in [4.69, 9.17) is 15.9 Å². The minimum atomic E-state index is 0.0926. The molecule has 1 N–H and O–H groups in total. The molecule has 0 heterocycles. The molecule has 1 rings (SSSR count). The molecule has 17 heavy (non-hydrogen) atoms. The van der Waals surface area contributed by atoms with Crippen molar-refractivity contribution in [1.29, 1.82) is 0 Å². The van der Waals surface area contributed by atoms with Crippen LogP contribution in [0, 0.1) is 12.3 Å². The summed E-state index contributed by atoms with van der Waals surface area (Å²) in [5, 5.41) is 3.35. The summed E-state index contributed by atoms with van der Waals surface area (Å²) in [6.45, 7) is 2.91. The van der Waals surface area contributed by atoms with Gasteiger partial charge in [-0.25, -0.2) is 0 Å². The van der Waals surface area contributed by atoms with Gasteiger partial charge in [0, 0.05) is 18.0 Å². The lowest BCUT2D eigenvalue weighted by molar-refractivity contribution is 0.347.